The van der Waals surface area contributed by atoms with Gasteiger partial charge in [0, 0.05) is 12.1 Å². The Bertz CT molecular complexity index is 1330. The summed E-state index contributed by atoms with van der Waals surface area (Å²) in [5.74, 6) is -0.0589. The molecule has 0 atom stereocenters. The van der Waals surface area contributed by atoms with Gasteiger partial charge in [0.1, 0.15) is 19.7 Å². The van der Waals surface area contributed by atoms with Gasteiger partial charge in [-0.1, -0.05) is 72.8 Å². The van der Waals surface area contributed by atoms with Crippen molar-refractivity contribution in [1.82, 2.24) is 5.32 Å². The van der Waals surface area contributed by atoms with Crippen molar-refractivity contribution in [2.24, 2.45) is 0 Å². The molecule has 1 aromatic heterocycles. The zero-order valence-electron chi connectivity index (χ0n) is 17.3. The molecule has 1 N–H and O–H groups in total. The van der Waals surface area contributed by atoms with E-state index in [1.165, 1.54) is 13.2 Å². The molecule has 0 fully saturated rings. The Labute approximate surface area is 191 Å². The van der Waals surface area contributed by atoms with Gasteiger partial charge in [-0.15, -0.1) is 11.3 Å². The summed E-state index contributed by atoms with van der Waals surface area (Å²) < 4.78 is 32.2. The van der Waals surface area contributed by atoms with Gasteiger partial charge >= 0.3 is 0 Å². The molecule has 4 aromatic rings. The van der Waals surface area contributed by atoms with Gasteiger partial charge in [0.15, 0.2) is 0 Å². The maximum Gasteiger partial charge on any atom is 0.262 e. The lowest BCUT2D eigenvalue weighted by molar-refractivity contribution is 0.0955. The van der Waals surface area contributed by atoms with Crippen molar-refractivity contribution in [1.29, 1.82) is 0 Å². The number of carbonyl (C=O) groups excluding carboxylic acids is 1. The summed E-state index contributed by atoms with van der Waals surface area (Å²) in [7, 11) is -2.45. The number of para-hydroxylation sites is 1. The van der Waals surface area contributed by atoms with Gasteiger partial charge in [0.25, 0.3) is 5.91 Å². The number of carbonyl (C=O) groups is 1. The van der Waals surface area contributed by atoms with Gasteiger partial charge in [-0.3, -0.25) is 4.79 Å². The van der Waals surface area contributed by atoms with Crippen LogP contribution in [0.3, 0.4) is 0 Å². The van der Waals surface area contributed by atoms with Crippen LogP contribution in [0.5, 0.6) is 5.75 Å². The summed E-state index contributed by atoms with van der Waals surface area (Å²) >= 11 is 0.963. The quantitative estimate of drug-likeness (QED) is 0.410. The van der Waals surface area contributed by atoms with Crippen molar-refractivity contribution in [3.63, 3.8) is 0 Å². The molecule has 0 bridgehead atoms. The van der Waals surface area contributed by atoms with Crippen LogP contribution in [0.1, 0.15) is 15.2 Å². The number of thiophene rings is 1. The van der Waals surface area contributed by atoms with Crippen molar-refractivity contribution in [2.45, 2.75) is 15.6 Å². The van der Waals surface area contributed by atoms with Gasteiger partial charge in [-0.25, -0.2) is 8.42 Å². The highest BCUT2D eigenvalue weighted by Gasteiger charge is 2.28. The minimum Gasteiger partial charge on any atom is -0.495 e. The molecule has 162 valence electrons. The van der Waals surface area contributed by atoms with Gasteiger partial charge in [0.2, 0.25) is 9.84 Å². The number of nitrogens with one attached hydrogen (secondary N) is 1. The Morgan fingerprint density at radius 1 is 0.906 bits per heavy atom. The van der Waals surface area contributed by atoms with E-state index in [9.17, 15) is 13.2 Å². The van der Waals surface area contributed by atoms with E-state index in [0.717, 1.165) is 22.5 Å². The third-order valence-corrected chi connectivity index (χ3v) is 8.32. The van der Waals surface area contributed by atoms with Crippen LogP contribution in [-0.4, -0.2) is 21.4 Å². The average Bonchev–Trinajstić information content (AvgIpc) is 3.30. The van der Waals surface area contributed by atoms with E-state index in [4.69, 9.17) is 4.74 Å². The minimum atomic E-state index is -3.88. The van der Waals surface area contributed by atoms with Gasteiger partial charge in [-0.05, 0) is 29.3 Å². The van der Waals surface area contributed by atoms with Crippen molar-refractivity contribution < 1.29 is 17.9 Å². The van der Waals surface area contributed by atoms with E-state index in [1.807, 2.05) is 60.7 Å². The average molecular weight is 464 g/mol. The summed E-state index contributed by atoms with van der Waals surface area (Å²) in [6.45, 7) is 0.348. The standard InChI is InChI=1S/C25H21NO4S2/c1-30-21-14-8-9-15-22(21)32(28,29)23-16-20(19-12-6-3-7-13-19)24(31-23)25(27)26-17-18-10-4-2-5-11-18/h2-16H,17H2,1H3,(H,26,27). The lowest BCUT2D eigenvalue weighted by Crippen LogP contribution is -2.22. The molecule has 0 aliphatic carbocycles. The number of methoxy groups -OCH3 is 1. The Hall–Kier alpha value is -3.42. The molecule has 0 aliphatic heterocycles. The van der Waals surface area contributed by atoms with Crippen LogP contribution in [0.15, 0.2) is 100 Å². The van der Waals surface area contributed by atoms with Gasteiger partial charge in [0.05, 0.1) is 7.11 Å². The van der Waals surface area contributed by atoms with Gasteiger partial charge < -0.3 is 10.1 Å². The first-order valence-corrected chi connectivity index (χ1v) is 12.2. The van der Waals surface area contributed by atoms with Crippen LogP contribution in [0, 0.1) is 0 Å². The second-order valence-corrected chi connectivity index (χ2v) is 10.2. The first-order valence-electron chi connectivity index (χ1n) is 9.90. The van der Waals surface area contributed by atoms with E-state index in [0.29, 0.717) is 17.0 Å². The fourth-order valence-electron chi connectivity index (χ4n) is 3.31. The summed E-state index contributed by atoms with van der Waals surface area (Å²) in [4.78, 5) is 13.5. The van der Waals surface area contributed by atoms with Crippen LogP contribution >= 0.6 is 11.3 Å². The molecule has 0 unspecified atom stereocenters. The number of amides is 1. The van der Waals surface area contributed by atoms with Crippen LogP contribution in [-0.2, 0) is 16.4 Å². The molecule has 0 aliphatic rings. The first kappa shape index (κ1) is 21.8. The smallest absolute Gasteiger partial charge is 0.262 e. The van der Waals surface area contributed by atoms with Crippen LogP contribution in [0.2, 0.25) is 0 Å². The number of hydrogen-bond donors (Lipinski definition) is 1. The van der Waals surface area contributed by atoms with E-state index in [1.54, 1.807) is 24.3 Å². The summed E-state index contributed by atoms with van der Waals surface area (Å²) in [5, 5.41) is 2.90. The summed E-state index contributed by atoms with van der Waals surface area (Å²) in [5.41, 5.74) is 2.31. The van der Waals surface area contributed by atoms with E-state index in [-0.39, 0.29) is 20.8 Å². The van der Waals surface area contributed by atoms with Crippen molar-refractivity contribution in [3.05, 3.63) is 101 Å². The Morgan fingerprint density at radius 2 is 1.53 bits per heavy atom. The first-order chi connectivity index (χ1) is 15.5. The fourth-order valence-corrected chi connectivity index (χ4v) is 6.26. The SMILES string of the molecule is COc1ccccc1S(=O)(=O)c1cc(-c2ccccc2)c(C(=O)NCc2ccccc2)s1. The fraction of sp³-hybridized carbons (Fsp3) is 0.0800. The molecule has 4 rings (SSSR count). The number of ether oxygens (including phenoxy) is 1. The van der Waals surface area contributed by atoms with E-state index < -0.39 is 9.84 Å². The molecule has 32 heavy (non-hydrogen) atoms. The second kappa shape index (κ2) is 9.38. The second-order valence-electron chi connectivity index (χ2n) is 7.00. The Morgan fingerprint density at radius 3 is 2.22 bits per heavy atom. The number of benzene rings is 3. The minimum absolute atomic E-state index is 0.0691. The lowest BCUT2D eigenvalue weighted by Gasteiger charge is -2.07. The normalized spacial score (nSPS) is 11.2. The monoisotopic (exact) mass is 463 g/mol. The maximum absolute atomic E-state index is 13.4. The molecule has 5 nitrogen and oxygen atoms in total. The zero-order chi connectivity index (χ0) is 22.6. The molecule has 0 saturated heterocycles. The maximum atomic E-state index is 13.4. The highest BCUT2D eigenvalue weighted by atomic mass is 32.2. The third-order valence-electron chi connectivity index (χ3n) is 4.92. The molecular formula is C25H21NO4S2. The number of hydrogen-bond acceptors (Lipinski definition) is 5. The molecule has 0 saturated carbocycles. The molecule has 1 heterocycles. The predicted molar refractivity (Wildman–Crippen MR) is 126 cm³/mol. The molecular weight excluding hydrogens is 442 g/mol. The van der Waals surface area contributed by atoms with Gasteiger partial charge in [-0.2, -0.15) is 0 Å². The van der Waals surface area contributed by atoms with Crippen molar-refractivity contribution in [3.8, 4) is 16.9 Å². The third kappa shape index (κ3) is 4.44. The van der Waals surface area contributed by atoms with Crippen LogP contribution in [0.25, 0.3) is 11.1 Å². The number of rotatable bonds is 7. The largest absolute Gasteiger partial charge is 0.495 e. The lowest BCUT2D eigenvalue weighted by atomic mass is 10.1. The highest BCUT2D eigenvalue weighted by Crippen LogP contribution is 2.38. The topological polar surface area (TPSA) is 72.5 Å². The zero-order valence-corrected chi connectivity index (χ0v) is 18.9. The molecule has 0 spiro atoms. The molecule has 0 radical (unpaired) electrons. The van der Waals surface area contributed by atoms with Crippen LogP contribution < -0.4 is 10.1 Å². The molecule has 7 heteroatoms. The Kier molecular flexibility index (Phi) is 6.39. The van der Waals surface area contributed by atoms with Crippen molar-refractivity contribution in [2.75, 3.05) is 7.11 Å². The van der Waals surface area contributed by atoms with Crippen molar-refractivity contribution >= 4 is 27.1 Å². The van der Waals surface area contributed by atoms with Crippen LogP contribution in [0.4, 0.5) is 0 Å². The van der Waals surface area contributed by atoms with E-state index >= 15 is 0 Å². The molecule has 1 amide bonds. The predicted octanol–water partition coefficient (Wildman–Crippen LogP) is 5.19. The van der Waals surface area contributed by atoms with E-state index in [2.05, 4.69) is 5.32 Å². The number of sulfone groups is 1. The highest BCUT2D eigenvalue weighted by molar-refractivity contribution is 7.93. The summed E-state index contributed by atoms with van der Waals surface area (Å²) in [6.07, 6.45) is 0. The molecule has 3 aromatic carbocycles. The Balaban J connectivity index is 1.75. The summed E-state index contributed by atoms with van der Waals surface area (Å²) in [6, 6.07) is 26.9.